The van der Waals surface area contributed by atoms with Gasteiger partial charge in [0, 0.05) is 0 Å². The summed E-state index contributed by atoms with van der Waals surface area (Å²) < 4.78 is 32.4. The molecule has 0 saturated carbocycles. The van der Waals surface area contributed by atoms with Gasteiger partial charge in [0.2, 0.25) is 0 Å². The zero-order chi connectivity index (χ0) is 20.2. The van der Waals surface area contributed by atoms with Crippen molar-refractivity contribution >= 4 is 56.7 Å². The van der Waals surface area contributed by atoms with Gasteiger partial charge in [-0.2, -0.15) is 0 Å². The summed E-state index contributed by atoms with van der Waals surface area (Å²) in [4.78, 5) is -0.185. The predicted octanol–water partition coefficient (Wildman–Crippen LogP) is 6.65. The van der Waals surface area contributed by atoms with Crippen molar-refractivity contribution in [2.45, 2.75) is 103 Å². The molecule has 5 heteroatoms. The van der Waals surface area contributed by atoms with Crippen LogP contribution in [-0.4, -0.2) is 59.5 Å². The Balaban J connectivity index is 0.000000569. The molecular weight excluding hydrogens is 482 g/mol. The number of rotatable bonds is 15. The molecular formula is C22H38BaO3S. The van der Waals surface area contributed by atoms with Crippen LogP contribution in [0.15, 0.2) is 35.2 Å². The van der Waals surface area contributed by atoms with E-state index in [4.69, 9.17) is 0 Å². The van der Waals surface area contributed by atoms with Gasteiger partial charge in [0.15, 0.2) is 0 Å². The number of hydrogen-bond acceptors (Lipinski definition) is 3. The fraction of sp³-hybridized carbons (Fsp3) is 0.727. The van der Waals surface area contributed by atoms with E-state index in [2.05, 4.69) is 6.92 Å². The van der Waals surface area contributed by atoms with E-state index in [1.807, 2.05) is 0 Å². The van der Waals surface area contributed by atoms with Crippen molar-refractivity contribution in [1.29, 1.82) is 0 Å². The zero-order valence-electron chi connectivity index (χ0n) is 17.3. The second kappa shape index (κ2) is 20.0. The molecule has 0 fully saturated rings. The topological polar surface area (TPSA) is 57.2 Å². The van der Waals surface area contributed by atoms with Gasteiger partial charge in [0.25, 0.3) is 0 Å². The molecule has 0 atom stereocenters. The van der Waals surface area contributed by atoms with Crippen LogP contribution >= 0.6 is 0 Å². The van der Waals surface area contributed by atoms with Gasteiger partial charge >= 0.3 is 118 Å². The van der Waals surface area contributed by atoms with Crippen LogP contribution < -0.4 is 0 Å². The van der Waals surface area contributed by atoms with Crippen LogP contribution in [0.5, 0.6) is 0 Å². The van der Waals surface area contributed by atoms with Crippen molar-refractivity contribution < 1.29 is 13.0 Å². The van der Waals surface area contributed by atoms with Crippen LogP contribution in [0.25, 0.3) is 0 Å². The maximum Gasteiger partial charge on any atom is 0.124 e. The first-order chi connectivity index (χ1) is 13.0. The quantitative estimate of drug-likeness (QED) is 0.148. The van der Waals surface area contributed by atoms with Gasteiger partial charge in [-0.3, -0.25) is 0 Å². The van der Waals surface area contributed by atoms with Crippen LogP contribution in [0, 0.1) is 0 Å². The monoisotopic (exact) mass is 520 g/mol. The molecule has 27 heavy (non-hydrogen) atoms. The fourth-order valence-corrected chi connectivity index (χ4v) is 4.56. The smallest absolute Gasteiger partial charge is 0.124 e. The summed E-state index contributed by atoms with van der Waals surface area (Å²) in [5, 5.41) is 0. The molecule has 0 N–H and O–H groups in total. The summed E-state index contributed by atoms with van der Waals surface area (Å²) in [6, 6.07) is 7.19. The summed E-state index contributed by atoms with van der Waals surface area (Å²) in [6.07, 6.45) is 20.8. The van der Waals surface area contributed by atoms with Gasteiger partial charge in [-0.25, -0.2) is 8.42 Å². The molecule has 3 nitrogen and oxygen atoms in total. The number of benzene rings is 1. The maximum atomic E-state index is 10.3. The van der Waals surface area contributed by atoms with Crippen molar-refractivity contribution in [3.05, 3.63) is 30.3 Å². The first-order valence-electron chi connectivity index (χ1n) is 10.8. The van der Waals surface area contributed by atoms with E-state index in [1.165, 1.54) is 114 Å². The van der Waals surface area contributed by atoms with Crippen LogP contribution in [0.2, 0.25) is 0.889 Å². The van der Waals surface area contributed by atoms with E-state index in [-0.39, 0.29) is 4.90 Å². The molecule has 0 bridgehead atoms. The standard InChI is InChI=1S/C16H33.C6H6O3S.Ba/c1-3-5-7-9-11-13-15-16-14-12-10-8-6-4-2;7-10(8,9)6-4-2-1-3-5-6;/h1,3-16H2,2H3;1-5H,(H,7,8,9);/q;;+1/p-1. The minimum Gasteiger partial charge on any atom is -0.744 e. The van der Waals surface area contributed by atoms with Crippen molar-refractivity contribution in [1.82, 2.24) is 0 Å². The van der Waals surface area contributed by atoms with Crippen molar-refractivity contribution in [2.75, 3.05) is 0 Å². The van der Waals surface area contributed by atoms with Crippen LogP contribution in [-0.2, 0) is 10.1 Å². The summed E-state index contributed by atoms with van der Waals surface area (Å²) >= 11 is 1.06. The third kappa shape index (κ3) is 19.8. The summed E-state index contributed by atoms with van der Waals surface area (Å²) in [5.74, 6) is 0. The molecule has 152 valence electrons. The Hall–Kier alpha value is 0.701. The van der Waals surface area contributed by atoms with E-state index in [1.54, 1.807) is 6.96 Å². The molecule has 0 amide bonds. The van der Waals surface area contributed by atoms with Gasteiger partial charge in [-0.05, 0) is 12.1 Å². The van der Waals surface area contributed by atoms with E-state index in [0.29, 0.717) is 0 Å². The Morgan fingerprint density at radius 3 is 1.37 bits per heavy atom. The SMILES string of the molecule is CCCCCCCCCCCCCCC[CH2][Ba+].O=S(=O)([O-])c1ccccc1. The molecule has 0 saturated heterocycles. The zero-order valence-corrected chi connectivity index (χ0v) is 22.6. The predicted molar refractivity (Wildman–Crippen MR) is 115 cm³/mol. The fourth-order valence-electron chi connectivity index (χ4n) is 2.96. The number of hydrogen-bond donors (Lipinski definition) is 0. The van der Waals surface area contributed by atoms with Gasteiger partial charge in [0.1, 0.15) is 10.1 Å². The Labute approximate surface area is 200 Å². The second-order valence-corrected chi connectivity index (χ2v) is 10.8. The van der Waals surface area contributed by atoms with Gasteiger partial charge in [0.05, 0.1) is 4.90 Å². The molecule has 0 unspecified atom stereocenters. The van der Waals surface area contributed by atoms with Gasteiger partial charge < -0.3 is 4.55 Å². The van der Waals surface area contributed by atoms with Crippen LogP contribution in [0.1, 0.15) is 96.8 Å². The van der Waals surface area contributed by atoms with E-state index < -0.39 is 10.1 Å². The largest absolute Gasteiger partial charge is 0.744 e. The molecule has 1 rings (SSSR count). The van der Waals surface area contributed by atoms with Crippen LogP contribution in [0.4, 0.5) is 0 Å². The third-order valence-electron chi connectivity index (χ3n) is 4.64. The second-order valence-electron chi connectivity index (χ2n) is 7.22. The van der Waals surface area contributed by atoms with E-state index in [9.17, 15) is 13.0 Å². The normalized spacial score (nSPS) is 11.1. The summed E-state index contributed by atoms with van der Waals surface area (Å²) in [7, 11) is -4.25. The van der Waals surface area contributed by atoms with E-state index >= 15 is 0 Å². The molecule has 0 aliphatic rings. The van der Waals surface area contributed by atoms with Gasteiger partial charge in [-0.15, -0.1) is 0 Å². The average Bonchev–Trinajstić information content (AvgIpc) is 2.66. The van der Waals surface area contributed by atoms with Crippen LogP contribution in [0.3, 0.4) is 0 Å². The Kier molecular flexibility index (Phi) is 20.5. The molecule has 0 aliphatic heterocycles. The molecule has 0 spiro atoms. The minimum absolute atomic E-state index is 0.185. The Bertz CT molecular complexity index is 504. The minimum atomic E-state index is -4.25. The first-order valence-corrected chi connectivity index (χ1v) is 15.4. The Morgan fingerprint density at radius 2 is 1.07 bits per heavy atom. The summed E-state index contributed by atoms with van der Waals surface area (Å²) in [5.41, 5.74) is 0. The van der Waals surface area contributed by atoms with Gasteiger partial charge in [-0.1, -0.05) is 44.4 Å². The average molecular weight is 520 g/mol. The molecule has 1 aromatic carbocycles. The first kappa shape index (κ1) is 27.7. The van der Waals surface area contributed by atoms with Crippen molar-refractivity contribution in [3.8, 4) is 0 Å². The van der Waals surface area contributed by atoms with Crippen molar-refractivity contribution in [3.63, 3.8) is 0 Å². The molecule has 0 aromatic heterocycles. The number of unbranched alkanes of at least 4 members (excludes halogenated alkanes) is 13. The molecule has 1 aromatic rings. The van der Waals surface area contributed by atoms with E-state index in [0.717, 1.165) is 46.5 Å². The Morgan fingerprint density at radius 1 is 0.704 bits per heavy atom. The molecule has 0 radical (unpaired) electrons. The molecule has 0 aliphatic carbocycles. The summed E-state index contributed by atoms with van der Waals surface area (Å²) in [6.45, 7) is 2.29. The maximum absolute atomic E-state index is 10.3. The third-order valence-corrected chi connectivity index (χ3v) is 7.05. The molecule has 0 heterocycles. The van der Waals surface area contributed by atoms with Crippen molar-refractivity contribution in [2.24, 2.45) is 0 Å².